The van der Waals surface area contributed by atoms with E-state index in [9.17, 15) is 0 Å². The van der Waals surface area contributed by atoms with Gasteiger partial charge in [0.1, 0.15) is 11.5 Å². The van der Waals surface area contributed by atoms with Crippen LogP contribution >= 0.6 is 0 Å². The SMILES string of the molecule is CCCCCCc1ccc(-c2ccccc2CCCCCC)o1. The molecule has 1 heterocycles. The molecule has 1 aromatic heterocycles. The lowest BCUT2D eigenvalue weighted by Gasteiger charge is -2.07. The van der Waals surface area contributed by atoms with Crippen LogP contribution in [0.15, 0.2) is 40.8 Å². The van der Waals surface area contributed by atoms with Crippen LogP contribution in [0.5, 0.6) is 0 Å². The van der Waals surface area contributed by atoms with E-state index in [1.54, 1.807) is 0 Å². The Balaban J connectivity index is 1.96. The summed E-state index contributed by atoms with van der Waals surface area (Å²) in [7, 11) is 0. The number of hydrogen-bond donors (Lipinski definition) is 0. The van der Waals surface area contributed by atoms with Gasteiger partial charge in [-0.25, -0.2) is 0 Å². The second kappa shape index (κ2) is 10.3. The average molecular weight is 312 g/mol. The fourth-order valence-corrected chi connectivity index (χ4v) is 3.10. The maximum Gasteiger partial charge on any atom is 0.134 e. The molecular formula is C22H32O. The summed E-state index contributed by atoms with van der Waals surface area (Å²) in [5, 5.41) is 0. The quantitative estimate of drug-likeness (QED) is 0.400. The molecule has 0 fully saturated rings. The number of rotatable bonds is 11. The Hall–Kier alpha value is -1.50. The molecule has 126 valence electrons. The number of hydrogen-bond acceptors (Lipinski definition) is 1. The number of aryl methyl sites for hydroxylation is 2. The van der Waals surface area contributed by atoms with Gasteiger partial charge in [0.2, 0.25) is 0 Å². The molecular weight excluding hydrogens is 280 g/mol. The second-order valence-electron chi connectivity index (χ2n) is 6.54. The van der Waals surface area contributed by atoms with Crippen molar-refractivity contribution in [3.63, 3.8) is 0 Å². The smallest absolute Gasteiger partial charge is 0.134 e. The minimum atomic E-state index is 1.04. The molecule has 0 saturated heterocycles. The minimum Gasteiger partial charge on any atom is -0.461 e. The van der Waals surface area contributed by atoms with Crippen molar-refractivity contribution in [2.45, 2.75) is 78.1 Å². The molecule has 0 aliphatic carbocycles. The highest BCUT2D eigenvalue weighted by molar-refractivity contribution is 5.62. The molecule has 1 aromatic carbocycles. The van der Waals surface area contributed by atoms with E-state index >= 15 is 0 Å². The Kier molecular flexibility index (Phi) is 8.00. The number of benzene rings is 1. The summed E-state index contributed by atoms with van der Waals surface area (Å²) >= 11 is 0. The fourth-order valence-electron chi connectivity index (χ4n) is 3.10. The third kappa shape index (κ3) is 5.89. The Morgan fingerprint density at radius 3 is 2.13 bits per heavy atom. The van der Waals surface area contributed by atoms with Crippen molar-refractivity contribution in [3.05, 3.63) is 47.7 Å². The Morgan fingerprint density at radius 2 is 1.39 bits per heavy atom. The Morgan fingerprint density at radius 1 is 0.696 bits per heavy atom. The normalized spacial score (nSPS) is 11.0. The zero-order valence-electron chi connectivity index (χ0n) is 14.9. The summed E-state index contributed by atoms with van der Waals surface area (Å²) in [6.07, 6.45) is 12.6. The molecule has 0 N–H and O–H groups in total. The maximum absolute atomic E-state index is 6.12. The molecule has 0 unspecified atom stereocenters. The first-order valence-electron chi connectivity index (χ1n) is 9.52. The van der Waals surface area contributed by atoms with Crippen LogP contribution in [-0.4, -0.2) is 0 Å². The maximum atomic E-state index is 6.12. The van der Waals surface area contributed by atoms with Gasteiger partial charge in [-0.1, -0.05) is 76.6 Å². The zero-order chi connectivity index (χ0) is 16.3. The second-order valence-corrected chi connectivity index (χ2v) is 6.54. The van der Waals surface area contributed by atoms with Crippen LogP contribution in [-0.2, 0) is 12.8 Å². The molecule has 2 rings (SSSR count). The van der Waals surface area contributed by atoms with E-state index in [0.29, 0.717) is 0 Å². The molecule has 1 heteroatoms. The van der Waals surface area contributed by atoms with E-state index in [2.05, 4.69) is 50.2 Å². The van der Waals surface area contributed by atoms with Crippen LogP contribution in [0.2, 0.25) is 0 Å². The largest absolute Gasteiger partial charge is 0.461 e. The first-order valence-corrected chi connectivity index (χ1v) is 9.52. The van der Waals surface area contributed by atoms with Crippen molar-refractivity contribution in [2.24, 2.45) is 0 Å². The monoisotopic (exact) mass is 312 g/mol. The highest BCUT2D eigenvalue weighted by Gasteiger charge is 2.09. The predicted octanol–water partition coefficient (Wildman–Crippen LogP) is 7.19. The molecule has 0 radical (unpaired) electrons. The van der Waals surface area contributed by atoms with E-state index in [4.69, 9.17) is 4.42 Å². The van der Waals surface area contributed by atoms with Crippen molar-refractivity contribution in [2.75, 3.05) is 0 Å². The molecule has 1 nitrogen and oxygen atoms in total. The number of furan rings is 1. The summed E-state index contributed by atoms with van der Waals surface area (Å²) in [5.41, 5.74) is 2.71. The third-order valence-electron chi connectivity index (χ3n) is 4.52. The van der Waals surface area contributed by atoms with Gasteiger partial charge in [0, 0.05) is 12.0 Å². The topological polar surface area (TPSA) is 13.1 Å². The molecule has 0 bridgehead atoms. The van der Waals surface area contributed by atoms with Crippen molar-refractivity contribution in [1.29, 1.82) is 0 Å². The molecule has 0 amide bonds. The molecule has 0 atom stereocenters. The standard InChI is InChI=1S/C22H32O/c1-3-5-7-9-13-19-14-11-12-16-21(19)22-18-17-20(23-22)15-10-8-6-4-2/h11-12,14,16-18H,3-10,13,15H2,1-2H3. The van der Waals surface area contributed by atoms with Gasteiger partial charge in [-0.2, -0.15) is 0 Å². The highest BCUT2D eigenvalue weighted by atomic mass is 16.3. The summed E-state index contributed by atoms with van der Waals surface area (Å²) < 4.78 is 6.12. The Labute approximate surface area is 142 Å². The summed E-state index contributed by atoms with van der Waals surface area (Å²) in [4.78, 5) is 0. The van der Waals surface area contributed by atoms with E-state index in [1.807, 2.05) is 0 Å². The lowest BCUT2D eigenvalue weighted by Crippen LogP contribution is -1.90. The average Bonchev–Trinajstić information content (AvgIpc) is 3.05. The van der Waals surface area contributed by atoms with Crippen molar-refractivity contribution in [3.8, 4) is 11.3 Å². The van der Waals surface area contributed by atoms with E-state index in [0.717, 1.165) is 24.4 Å². The van der Waals surface area contributed by atoms with Crippen LogP contribution in [0, 0.1) is 0 Å². The summed E-state index contributed by atoms with van der Waals surface area (Å²) in [5.74, 6) is 2.18. The van der Waals surface area contributed by atoms with Crippen molar-refractivity contribution >= 4 is 0 Å². The molecule has 23 heavy (non-hydrogen) atoms. The van der Waals surface area contributed by atoms with Crippen LogP contribution < -0.4 is 0 Å². The first-order chi connectivity index (χ1) is 11.3. The van der Waals surface area contributed by atoms with Gasteiger partial charge < -0.3 is 4.42 Å². The summed E-state index contributed by atoms with van der Waals surface area (Å²) in [6.45, 7) is 4.52. The van der Waals surface area contributed by atoms with Crippen LogP contribution in [0.3, 0.4) is 0 Å². The van der Waals surface area contributed by atoms with Crippen molar-refractivity contribution in [1.82, 2.24) is 0 Å². The third-order valence-corrected chi connectivity index (χ3v) is 4.52. The van der Waals surface area contributed by atoms with Gasteiger partial charge in [-0.3, -0.25) is 0 Å². The van der Waals surface area contributed by atoms with Crippen LogP contribution in [0.25, 0.3) is 11.3 Å². The Bertz CT molecular complexity index is 553. The van der Waals surface area contributed by atoms with E-state index in [-0.39, 0.29) is 0 Å². The van der Waals surface area contributed by atoms with Crippen LogP contribution in [0.1, 0.15) is 76.5 Å². The molecule has 0 aliphatic heterocycles. The molecule has 2 aromatic rings. The minimum absolute atomic E-state index is 1.04. The fraction of sp³-hybridized carbons (Fsp3) is 0.545. The van der Waals surface area contributed by atoms with Gasteiger partial charge in [-0.05, 0) is 37.0 Å². The van der Waals surface area contributed by atoms with Crippen molar-refractivity contribution < 1.29 is 4.42 Å². The predicted molar refractivity (Wildman–Crippen MR) is 99.8 cm³/mol. The van der Waals surface area contributed by atoms with Crippen LogP contribution in [0.4, 0.5) is 0 Å². The first kappa shape index (κ1) is 17.8. The molecule has 0 saturated carbocycles. The molecule has 0 spiro atoms. The lowest BCUT2D eigenvalue weighted by atomic mass is 9.99. The van der Waals surface area contributed by atoms with Gasteiger partial charge in [0.15, 0.2) is 0 Å². The molecule has 0 aliphatic rings. The van der Waals surface area contributed by atoms with E-state index in [1.165, 1.54) is 62.5 Å². The lowest BCUT2D eigenvalue weighted by molar-refractivity contribution is 0.505. The van der Waals surface area contributed by atoms with Gasteiger partial charge in [0.25, 0.3) is 0 Å². The zero-order valence-corrected chi connectivity index (χ0v) is 14.9. The number of unbranched alkanes of at least 4 members (excludes halogenated alkanes) is 6. The van der Waals surface area contributed by atoms with E-state index < -0.39 is 0 Å². The van der Waals surface area contributed by atoms with Gasteiger partial charge >= 0.3 is 0 Å². The van der Waals surface area contributed by atoms with Gasteiger partial charge in [-0.15, -0.1) is 0 Å². The highest BCUT2D eigenvalue weighted by Crippen LogP contribution is 2.27. The van der Waals surface area contributed by atoms with Gasteiger partial charge in [0.05, 0.1) is 0 Å². The summed E-state index contributed by atoms with van der Waals surface area (Å²) in [6, 6.07) is 13.0.